The third kappa shape index (κ3) is 3.55. The van der Waals surface area contributed by atoms with E-state index in [1.807, 2.05) is 32.0 Å². The number of aromatic nitrogens is 3. The molecule has 7 nitrogen and oxygen atoms in total. The Morgan fingerprint density at radius 2 is 1.84 bits per heavy atom. The molecule has 0 atom stereocenters. The fourth-order valence-electron chi connectivity index (χ4n) is 2.21. The van der Waals surface area contributed by atoms with Crippen LogP contribution in [0, 0.1) is 13.8 Å². The summed E-state index contributed by atoms with van der Waals surface area (Å²) in [5.74, 6) is 0.533. The van der Waals surface area contributed by atoms with E-state index in [1.54, 1.807) is 18.3 Å². The molecule has 0 bridgehead atoms. The number of anilines is 2. The average molecular weight is 335 g/mol. The number of carbonyl (C=O) groups is 1. The zero-order valence-electron chi connectivity index (χ0n) is 13.9. The fraction of sp³-hybridized carbons (Fsp3) is 0.111. The van der Waals surface area contributed by atoms with Crippen LogP contribution in [0.1, 0.15) is 21.6 Å². The number of nitrogen functional groups attached to an aromatic ring is 1. The van der Waals surface area contributed by atoms with Crippen molar-refractivity contribution in [2.45, 2.75) is 13.8 Å². The average Bonchev–Trinajstić information content (AvgIpc) is 2.61. The Morgan fingerprint density at radius 3 is 2.64 bits per heavy atom. The number of nitrogens with one attached hydrogen (secondary N) is 1. The van der Waals surface area contributed by atoms with Gasteiger partial charge in [0, 0.05) is 18.6 Å². The summed E-state index contributed by atoms with van der Waals surface area (Å²) in [7, 11) is 0. The minimum atomic E-state index is -0.482. The number of hydrogen-bond donors (Lipinski definition) is 2. The molecular weight excluding hydrogens is 318 g/mol. The van der Waals surface area contributed by atoms with Crippen LogP contribution in [0.2, 0.25) is 0 Å². The molecule has 3 N–H and O–H groups in total. The van der Waals surface area contributed by atoms with Crippen LogP contribution in [-0.2, 0) is 0 Å². The minimum Gasteiger partial charge on any atom is -0.437 e. The first-order valence-corrected chi connectivity index (χ1v) is 7.63. The van der Waals surface area contributed by atoms with E-state index >= 15 is 0 Å². The summed E-state index contributed by atoms with van der Waals surface area (Å²) in [6.07, 6.45) is 4.42. The Labute approximate surface area is 144 Å². The lowest BCUT2D eigenvalue weighted by molar-refractivity contribution is 0.102. The second kappa shape index (κ2) is 6.96. The Bertz CT molecular complexity index is 927. The van der Waals surface area contributed by atoms with Crippen LogP contribution >= 0.6 is 0 Å². The molecule has 1 aromatic carbocycles. The van der Waals surface area contributed by atoms with Crippen LogP contribution in [0.5, 0.6) is 11.6 Å². The summed E-state index contributed by atoms with van der Waals surface area (Å²) in [4.78, 5) is 24.4. The molecule has 25 heavy (non-hydrogen) atoms. The summed E-state index contributed by atoms with van der Waals surface area (Å²) >= 11 is 0. The molecule has 2 aromatic heterocycles. The highest BCUT2D eigenvalue weighted by atomic mass is 16.5. The Kier molecular flexibility index (Phi) is 4.56. The number of pyridine rings is 1. The molecule has 126 valence electrons. The number of amides is 1. The van der Waals surface area contributed by atoms with Gasteiger partial charge in [-0.15, -0.1) is 0 Å². The van der Waals surface area contributed by atoms with Gasteiger partial charge in [0.2, 0.25) is 5.88 Å². The maximum absolute atomic E-state index is 12.4. The molecule has 3 rings (SSSR count). The lowest BCUT2D eigenvalue weighted by Crippen LogP contribution is -2.17. The van der Waals surface area contributed by atoms with Gasteiger partial charge in [-0.3, -0.25) is 4.79 Å². The molecule has 2 heterocycles. The molecule has 0 saturated carbocycles. The molecular formula is C18H17N5O2. The second-order valence-electron chi connectivity index (χ2n) is 5.40. The van der Waals surface area contributed by atoms with Crippen LogP contribution in [0.25, 0.3) is 0 Å². The van der Waals surface area contributed by atoms with Gasteiger partial charge in [0.05, 0.1) is 0 Å². The maximum Gasteiger partial charge on any atom is 0.278 e. The number of hydrogen-bond acceptors (Lipinski definition) is 6. The van der Waals surface area contributed by atoms with Gasteiger partial charge < -0.3 is 15.8 Å². The molecule has 1 amide bonds. The van der Waals surface area contributed by atoms with Crippen molar-refractivity contribution in [2.24, 2.45) is 0 Å². The van der Waals surface area contributed by atoms with E-state index in [2.05, 4.69) is 20.3 Å². The van der Waals surface area contributed by atoms with Gasteiger partial charge in [0.1, 0.15) is 11.4 Å². The van der Waals surface area contributed by atoms with Gasteiger partial charge in [-0.2, -0.15) is 0 Å². The Balaban J connectivity index is 1.88. The molecule has 0 spiro atoms. The first-order valence-electron chi connectivity index (χ1n) is 7.63. The SMILES string of the molecule is Cc1cccc(Oc2ncccc2NC(=O)c2nccnc2N)c1C. The van der Waals surface area contributed by atoms with Crippen molar-refractivity contribution in [1.29, 1.82) is 0 Å². The number of rotatable bonds is 4. The molecule has 0 aliphatic heterocycles. The number of nitrogens with zero attached hydrogens (tertiary/aromatic N) is 3. The third-order valence-electron chi connectivity index (χ3n) is 3.72. The highest BCUT2D eigenvalue weighted by Crippen LogP contribution is 2.30. The highest BCUT2D eigenvalue weighted by Gasteiger charge is 2.16. The van der Waals surface area contributed by atoms with Gasteiger partial charge in [0.25, 0.3) is 5.91 Å². The van der Waals surface area contributed by atoms with Crippen LogP contribution in [0.4, 0.5) is 11.5 Å². The van der Waals surface area contributed by atoms with E-state index in [-0.39, 0.29) is 17.4 Å². The van der Waals surface area contributed by atoms with Gasteiger partial charge in [0.15, 0.2) is 11.5 Å². The van der Waals surface area contributed by atoms with Crippen molar-refractivity contribution < 1.29 is 9.53 Å². The molecule has 0 fully saturated rings. The van der Waals surface area contributed by atoms with Crippen molar-refractivity contribution in [3.05, 3.63) is 65.7 Å². The van der Waals surface area contributed by atoms with Crippen molar-refractivity contribution in [3.8, 4) is 11.6 Å². The molecule has 0 unspecified atom stereocenters. The van der Waals surface area contributed by atoms with Crippen molar-refractivity contribution >= 4 is 17.4 Å². The standard InChI is InChI=1S/C18H17N5O2/c1-11-5-3-7-14(12(11)2)25-18-13(6-4-8-22-18)23-17(24)15-16(19)21-10-9-20-15/h3-10H,1-2H3,(H2,19,21)(H,23,24). The third-order valence-corrected chi connectivity index (χ3v) is 3.72. The summed E-state index contributed by atoms with van der Waals surface area (Å²) < 4.78 is 5.89. The van der Waals surface area contributed by atoms with Crippen LogP contribution in [-0.4, -0.2) is 20.9 Å². The summed E-state index contributed by atoms with van der Waals surface area (Å²) in [5.41, 5.74) is 8.26. The van der Waals surface area contributed by atoms with Crippen LogP contribution in [0.3, 0.4) is 0 Å². The van der Waals surface area contributed by atoms with E-state index in [9.17, 15) is 4.79 Å². The van der Waals surface area contributed by atoms with Crippen LogP contribution < -0.4 is 15.8 Å². The van der Waals surface area contributed by atoms with E-state index < -0.39 is 5.91 Å². The number of carbonyl (C=O) groups excluding carboxylic acids is 1. The minimum absolute atomic E-state index is 0.0454. The Hall–Kier alpha value is -3.48. The van der Waals surface area contributed by atoms with E-state index in [1.165, 1.54) is 12.4 Å². The van der Waals surface area contributed by atoms with E-state index in [4.69, 9.17) is 10.5 Å². The lowest BCUT2D eigenvalue weighted by atomic mass is 10.1. The van der Waals surface area contributed by atoms with Gasteiger partial charge in [-0.1, -0.05) is 12.1 Å². The number of benzene rings is 1. The summed E-state index contributed by atoms with van der Waals surface area (Å²) in [5, 5.41) is 2.71. The number of nitrogens with two attached hydrogens (primary N) is 1. The predicted molar refractivity (Wildman–Crippen MR) is 94.6 cm³/mol. The highest BCUT2D eigenvalue weighted by molar-refractivity contribution is 6.06. The van der Waals surface area contributed by atoms with Crippen molar-refractivity contribution in [2.75, 3.05) is 11.1 Å². The summed E-state index contributed by atoms with van der Waals surface area (Å²) in [6.45, 7) is 3.96. The van der Waals surface area contributed by atoms with Crippen molar-refractivity contribution in [1.82, 2.24) is 15.0 Å². The molecule has 7 heteroatoms. The first-order chi connectivity index (χ1) is 12.1. The molecule has 0 aliphatic rings. The summed E-state index contributed by atoms with van der Waals surface area (Å²) in [6, 6.07) is 9.14. The topological polar surface area (TPSA) is 103 Å². The molecule has 0 saturated heterocycles. The van der Waals surface area contributed by atoms with E-state index in [0.29, 0.717) is 11.4 Å². The van der Waals surface area contributed by atoms with E-state index in [0.717, 1.165) is 11.1 Å². The lowest BCUT2D eigenvalue weighted by Gasteiger charge is -2.13. The second-order valence-corrected chi connectivity index (χ2v) is 5.40. The van der Waals surface area contributed by atoms with Gasteiger partial charge >= 0.3 is 0 Å². The normalized spacial score (nSPS) is 10.3. The van der Waals surface area contributed by atoms with Crippen LogP contribution in [0.15, 0.2) is 48.9 Å². The zero-order valence-corrected chi connectivity index (χ0v) is 13.9. The number of ether oxygens (including phenoxy) is 1. The fourth-order valence-corrected chi connectivity index (χ4v) is 2.21. The molecule has 0 radical (unpaired) electrons. The first kappa shape index (κ1) is 16.4. The quantitative estimate of drug-likeness (QED) is 0.759. The predicted octanol–water partition coefficient (Wildman–Crippen LogP) is 3.12. The zero-order chi connectivity index (χ0) is 17.8. The van der Waals surface area contributed by atoms with Crippen molar-refractivity contribution in [3.63, 3.8) is 0 Å². The monoisotopic (exact) mass is 335 g/mol. The largest absolute Gasteiger partial charge is 0.437 e. The number of aryl methyl sites for hydroxylation is 1. The molecule has 3 aromatic rings. The van der Waals surface area contributed by atoms with Gasteiger partial charge in [-0.05, 0) is 43.2 Å². The Morgan fingerprint density at radius 1 is 1.04 bits per heavy atom. The smallest absolute Gasteiger partial charge is 0.278 e. The van der Waals surface area contributed by atoms with Gasteiger partial charge in [-0.25, -0.2) is 15.0 Å². The maximum atomic E-state index is 12.4. The molecule has 0 aliphatic carbocycles.